The van der Waals surface area contributed by atoms with Crippen LogP contribution in [0.2, 0.25) is 0 Å². The van der Waals surface area contributed by atoms with E-state index in [4.69, 9.17) is 4.74 Å². The number of methoxy groups -OCH3 is 1. The summed E-state index contributed by atoms with van der Waals surface area (Å²) in [5.74, 6) is 0.866. The van der Waals surface area contributed by atoms with Crippen molar-refractivity contribution < 1.29 is 9.53 Å². The Labute approximate surface area is 149 Å². The van der Waals surface area contributed by atoms with E-state index in [2.05, 4.69) is 40.2 Å². The van der Waals surface area contributed by atoms with Crippen molar-refractivity contribution in [2.75, 3.05) is 26.7 Å². The Morgan fingerprint density at radius 1 is 1.20 bits per heavy atom. The minimum atomic E-state index is 0.0589. The Hall–Kier alpha value is -2.27. The van der Waals surface area contributed by atoms with Crippen molar-refractivity contribution in [2.45, 2.75) is 25.3 Å². The smallest absolute Gasteiger partial charge is 0.224 e. The molecule has 2 heterocycles. The van der Waals surface area contributed by atoms with Crippen LogP contribution in [0, 0.1) is 0 Å². The summed E-state index contributed by atoms with van der Waals surface area (Å²) in [5.41, 5.74) is 2.25. The van der Waals surface area contributed by atoms with E-state index in [1.807, 2.05) is 24.3 Å². The van der Waals surface area contributed by atoms with Crippen LogP contribution in [0.15, 0.2) is 42.6 Å². The number of likely N-dealkylation sites (tertiary alicyclic amines) is 1. The van der Waals surface area contributed by atoms with E-state index in [9.17, 15) is 4.79 Å². The van der Waals surface area contributed by atoms with Crippen molar-refractivity contribution in [3.63, 3.8) is 0 Å². The van der Waals surface area contributed by atoms with Gasteiger partial charge in [-0.2, -0.15) is 0 Å². The summed E-state index contributed by atoms with van der Waals surface area (Å²) in [7, 11) is 3.71. The van der Waals surface area contributed by atoms with Crippen LogP contribution < -0.4 is 10.1 Å². The number of aromatic nitrogens is 1. The standard InChI is InChI=1S/C20H27N3O2/c1-22-11-5-6-18(22)19(23-12-3-4-13-23)15-21-20(24)14-16-7-9-17(25-2)10-8-16/h5-11,19H,3-4,12-15H2,1-2H3,(H,21,24). The molecule has 134 valence electrons. The van der Waals surface area contributed by atoms with Gasteiger partial charge in [-0.1, -0.05) is 12.1 Å². The second kappa shape index (κ2) is 8.21. The number of nitrogens with zero attached hydrogens (tertiary/aromatic N) is 2. The highest BCUT2D eigenvalue weighted by atomic mass is 16.5. The second-order valence-corrected chi connectivity index (χ2v) is 6.63. The van der Waals surface area contributed by atoms with Crippen LogP contribution in [0.5, 0.6) is 5.75 Å². The lowest BCUT2D eigenvalue weighted by Crippen LogP contribution is -2.38. The summed E-state index contributed by atoms with van der Waals surface area (Å²) in [5, 5.41) is 3.13. The largest absolute Gasteiger partial charge is 0.497 e. The molecule has 0 bridgehead atoms. The first-order valence-electron chi connectivity index (χ1n) is 8.92. The van der Waals surface area contributed by atoms with Crippen LogP contribution in [-0.2, 0) is 18.3 Å². The molecule has 2 aromatic rings. The maximum atomic E-state index is 12.4. The predicted octanol–water partition coefficient (Wildman–Crippen LogP) is 2.53. The average Bonchev–Trinajstić information content (AvgIpc) is 3.29. The van der Waals surface area contributed by atoms with Crippen LogP contribution in [0.4, 0.5) is 0 Å². The van der Waals surface area contributed by atoms with Gasteiger partial charge in [0.25, 0.3) is 0 Å². The molecule has 5 nitrogen and oxygen atoms in total. The SMILES string of the molecule is COc1ccc(CC(=O)NCC(c2cccn2C)N2CCCC2)cc1. The van der Waals surface area contributed by atoms with Crippen LogP contribution in [0.3, 0.4) is 0 Å². The molecule has 0 radical (unpaired) electrons. The van der Waals surface area contributed by atoms with E-state index >= 15 is 0 Å². The van der Waals surface area contributed by atoms with Gasteiger partial charge in [-0.05, 0) is 55.8 Å². The van der Waals surface area contributed by atoms with Crippen molar-refractivity contribution in [1.29, 1.82) is 0 Å². The van der Waals surface area contributed by atoms with Crippen LogP contribution in [-0.4, -0.2) is 42.1 Å². The summed E-state index contributed by atoms with van der Waals surface area (Å²) in [4.78, 5) is 14.8. The number of carbonyl (C=O) groups is 1. The highest BCUT2D eigenvalue weighted by Gasteiger charge is 2.25. The normalized spacial score (nSPS) is 15.9. The lowest BCUT2D eigenvalue weighted by molar-refractivity contribution is -0.120. The molecule has 1 aromatic heterocycles. The number of carbonyl (C=O) groups excluding carboxylic acids is 1. The van der Waals surface area contributed by atoms with Crippen molar-refractivity contribution in [1.82, 2.24) is 14.8 Å². The van der Waals surface area contributed by atoms with E-state index in [1.165, 1.54) is 18.5 Å². The average molecular weight is 341 g/mol. The summed E-state index contributed by atoms with van der Waals surface area (Å²) in [6.45, 7) is 2.85. The first-order valence-corrected chi connectivity index (χ1v) is 8.92. The van der Waals surface area contributed by atoms with Gasteiger partial charge in [-0.15, -0.1) is 0 Å². The number of hydrogen-bond donors (Lipinski definition) is 1. The number of amides is 1. The van der Waals surface area contributed by atoms with Crippen molar-refractivity contribution in [3.05, 3.63) is 53.9 Å². The third-order valence-electron chi connectivity index (χ3n) is 4.92. The highest BCUT2D eigenvalue weighted by Crippen LogP contribution is 2.24. The fourth-order valence-electron chi connectivity index (χ4n) is 3.50. The molecule has 1 fully saturated rings. The fraction of sp³-hybridized carbons (Fsp3) is 0.450. The third kappa shape index (κ3) is 4.42. The zero-order valence-electron chi connectivity index (χ0n) is 15.1. The summed E-state index contributed by atoms with van der Waals surface area (Å²) >= 11 is 0. The van der Waals surface area contributed by atoms with Crippen LogP contribution in [0.25, 0.3) is 0 Å². The van der Waals surface area contributed by atoms with E-state index in [-0.39, 0.29) is 11.9 Å². The van der Waals surface area contributed by atoms with Crippen molar-refractivity contribution in [3.8, 4) is 5.75 Å². The lowest BCUT2D eigenvalue weighted by Gasteiger charge is -2.28. The lowest BCUT2D eigenvalue weighted by atomic mass is 10.1. The number of benzene rings is 1. The van der Waals surface area contributed by atoms with Gasteiger partial charge in [-0.3, -0.25) is 9.69 Å². The van der Waals surface area contributed by atoms with Gasteiger partial charge in [0, 0.05) is 25.5 Å². The van der Waals surface area contributed by atoms with Gasteiger partial charge in [0.2, 0.25) is 5.91 Å². The van der Waals surface area contributed by atoms with E-state index in [0.717, 1.165) is 24.4 Å². The molecule has 1 atom stereocenters. The van der Waals surface area contributed by atoms with Crippen LogP contribution >= 0.6 is 0 Å². The van der Waals surface area contributed by atoms with E-state index < -0.39 is 0 Å². The van der Waals surface area contributed by atoms with Crippen LogP contribution in [0.1, 0.15) is 30.1 Å². The molecule has 1 aromatic carbocycles. The van der Waals surface area contributed by atoms with Crippen molar-refractivity contribution >= 4 is 5.91 Å². The minimum Gasteiger partial charge on any atom is -0.497 e. The monoisotopic (exact) mass is 341 g/mol. The van der Waals surface area contributed by atoms with E-state index in [1.54, 1.807) is 7.11 Å². The summed E-state index contributed by atoms with van der Waals surface area (Å²) in [6, 6.07) is 12.1. The Bertz CT molecular complexity index is 687. The maximum Gasteiger partial charge on any atom is 0.224 e. The fourth-order valence-corrected chi connectivity index (χ4v) is 3.50. The molecule has 1 aliphatic rings. The molecule has 3 rings (SSSR count). The predicted molar refractivity (Wildman–Crippen MR) is 98.7 cm³/mol. The van der Waals surface area contributed by atoms with Gasteiger partial charge < -0.3 is 14.6 Å². The Morgan fingerprint density at radius 3 is 2.52 bits per heavy atom. The maximum absolute atomic E-state index is 12.4. The molecule has 1 amide bonds. The second-order valence-electron chi connectivity index (χ2n) is 6.63. The number of rotatable bonds is 7. The Kier molecular flexibility index (Phi) is 5.76. The molecule has 1 saturated heterocycles. The molecular formula is C20H27N3O2. The zero-order chi connectivity index (χ0) is 17.6. The number of nitrogens with one attached hydrogen (secondary N) is 1. The summed E-state index contributed by atoms with van der Waals surface area (Å²) < 4.78 is 7.31. The van der Waals surface area contributed by atoms with Gasteiger partial charge in [0.05, 0.1) is 19.6 Å². The quantitative estimate of drug-likeness (QED) is 0.842. The topological polar surface area (TPSA) is 46.5 Å². The zero-order valence-corrected chi connectivity index (χ0v) is 15.1. The molecular weight excluding hydrogens is 314 g/mol. The number of hydrogen-bond acceptors (Lipinski definition) is 3. The van der Waals surface area contributed by atoms with Gasteiger partial charge in [0.1, 0.15) is 5.75 Å². The molecule has 1 N–H and O–H groups in total. The number of aryl methyl sites for hydroxylation is 1. The van der Waals surface area contributed by atoms with E-state index in [0.29, 0.717) is 13.0 Å². The van der Waals surface area contributed by atoms with Crippen molar-refractivity contribution in [2.24, 2.45) is 7.05 Å². The Balaban J connectivity index is 1.60. The first-order chi connectivity index (χ1) is 12.2. The highest BCUT2D eigenvalue weighted by molar-refractivity contribution is 5.78. The van der Waals surface area contributed by atoms with Gasteiger partial charge >= 0.3 is 0 Å². The van der Waals surface area contributed by atoms with Gasteiger partial charge in [0.15, 0.2) is 0 Å². The molecule has 1 aliphatic heterocycles. The molecule has 25 heavy (non-hydrogen) atoms. The first kappa shape index (κ1) is 17.5. The summed E-state index contributed by atoms with van der Waals surface area (Å²) in [6.07, 6.45) is 4.93. The molecule has 1 unspecified atom stereocenters. The number of ether oxygens (including phenoxy) is 1. The molecule has 0 aliphatic carbocycles. The molecule has 5 heteroatoms. The molecule has 0 saturated carbocycles. The minimum absolute atomic E-state index is 0.0589. The molecule has 0 spiro atoms. The van der Waals surface area contributed by atoms with Gasteiger partial charge in [-0.25, -0.2) is 0 Å². The Morgan fingerprint density at radius 2 is 1.92 bits per heavy atom. The third-order valence-corrected chi connectivity index (χ3v) is 4.92.